The van der Waals surface area contributed by atoms with Gasteiger partial charge in [0.1, 0.15) is 0 Å². The second kappa shape index (κ2) is 28.0. The molecule has 0 aromatic carbocycles. The third-order valence-electron chi connectivity index (χ3n) is 4.99. The van der Waals surface area contributed by atoms with Crippen LogP contribution in [0.1, 0.15) is 25.7 Å². The summed E-state index contributed by atoms with van der Waals surface area (Å²) in [6.45, 7) is -2.86. The van der Waals surface area contributed by atoms with Gasteiger partial charge in [-0.1, -0.05) is 0 Å². The van der Waals surface area contributed by atoms with Crippen LogP contribution in [0.5, 0.6) is 0 Å². The summed E-state index contributed by atoms with van der Waals surface area (Å²) in [5.74, 6) is -12.2. The van der Waals surface area contributed by atoms with E-state index >= 15 is 0 Å². The molecule has 0 spiro atoms. The molecule has 0 unspecified atom stereocenters. The second-order valence-corrected chi connectivity index (χ2v) is 7.37. The van der Waals surface area contributed by atoms with Crippen molar-refractivity contribution in [1.29, 1.82) is 0 Å². The van der Waals surface area contributed by atoms with Crippen LogP contribution in [-0.4, -0.2) is 91.1 Å². The molecule has 0 aliphatic rings. The topological polar surface area (TPSA) is 294 Å². The van der Waals surface area contributed by atoms with Crippen LogP contribution >= 0.6 is 0 Å². The zero-order valence-electron chi connectivity index (χ0n) is 24.0. The van der Waals surface area contributed by atoms with Gasteiger partial charge in [-0.25, -0.2) is 0 Å². The first-order chi connectivity index (χ1) is 15.7. The van der Waals surface area contributed by atoms with E-state index in [9.17, 15) is 59.4 Å². The van der Waals surface area contributed by atoms with Gasteiger partial charge in [-0.05, 0) is 0 Å². The zero-order valence-corrected chi connectivity index (χ0v) is 24.0. The molecule has 4 N–H and O–H groups in total. The molecule has 0 aliphatic heterocycles. The third-order valence-corrected chi connectivity index (χ3v) is 4.99. The number of carbonyl (C=O) groups is 6. The number of hydrogen-bond donors (Lipinski definition) is 3. The monoisotopic (exact) mass is 530 g/mol. The van der Waals surface area contributed by atoms with E-state index in [0.717, 1.165) is 0 Å². The van der Waals surface area contributed by atoms with Crippen molar-refractivity contribution in [3.8, 4) is 0 Å². The van der Waals surface area contributed by atoms with Crippen LogP contribution in [0.3, 0.4) is 0 Å². The number of carboxylic acid groups (broad SMARTS) is 6. The maximum Gasteiger partial charge on any atom is 1.00 e. The molecule has 0 rings (SSSR count). The molecule has 0 aromatic heterocycles. The van der Waals surface area contributed by atoms with Gasteiger partial charge < -0.3 is 75.8 Å². The van der Waals surface area contributed by atoms with Crippen molar-refractivity contribution < 1.29 is 173 Å². The van der Waals surface area contributed by atoms with Gasteiger partial charge in [-0.15, -0.1) is 0 Å². The minimum atomic E-state index is -2.89. The van der Waals surface area contributed by atoms with Gasteiger partial charge in [0, 0.05) is 94.4 Å². The Kier molecular flexibility index (Phi) is 39.3. The van der Waals surface area contributed by atoms with Gasteiger partial charge in [0.2, 0.25) is 0 Å². The predicted octanol–water partition coefficient (Wildman–Crippen LogP) is -29.0. The fourth-order valence-corrected chi connectivity index (χ4v) is 3.87. The number of nitrogens with zero attached hydrogens (tertiary/aromatic N) is 1. The largest absolute Gasteiger partial charge is 1.00 e. The van der Waals surface area contributed by atoms with Crippen LogP contribution in [0.15, 0.2) is 0 Å². The van der Waals surface area contributed by atoms with Crippen LogP contribution in [0.2, 0.25) is 0 Å². The Morgan fingerprint density at radius 3 is 1.18 bits per heavy atom. The Balaban J connectivity index is -0.000000363. The summed E-state index contributed by atoms with van der Waals surface area (Å²) in [5, 5.41) is 74.4. The number of rotatable bonds is 20. The molecule has 0 saturated carbocycles. The van der Waals surface area contributed by atoms with Gasteiger partial charge in [-0.3, -0.25) is 4.90 Å². The minimum Gasteiger partial charge on any atom is -0.550 e. The van der Waals surface area contributed by atoms with Gasteiger partial charge in [0.05, 0.1) is 17.5 Å². The van der Waals surface area contributed by atoms with Gasteiger partial charge in [0.25, 0.3) is 0 Å². The van der Waals surface area contributed by atoms with Crippen molar-refractivity contribution in [3.05, 3.63) is 0 Å². The fraction of sp³-hybridized carbons (Fsp3) is 0.667. The van der Waals surface area contributed by atoms with Gasteiger partial charge in [0.15, 0.2) is 0 Å². The SMILES string of the molecule is NCCNCCNC(CC(=O)[O-])(CC(=O)[O-])C(CC(=O)[O-])(CC(=O)[O-])N(CC(=O)[O-])CC(=O)[O-].[Li+].[Li+].[Li+].[Li+].[Li+].[Li+]. The van der Waals surface area contributed by atoms with Crippen LogP contribution in [0, 0.1) is 0 Å². The molecule has 0 aliphatic carbocycles. The van der Waals surface area contributed by atoms with E-state index in [2.05, 4.69) is 10.6 Å². The summed E-state index contributed by atoms with van der Waals surface area (Å²) in [4.78, 5) is 69.4. The van der Waals surface area contributed by atoms with Crippen molar-refractivity contribution in [2.75, 3.05) is 39.3 Å². The summed E-state index contributed by atoms with van der Waals surface area (Å²) < 4.78 is 0. The van der Waals surface area contributed by atoms with Crippen molar-refractivity contribution in [2.24, 2.45) is 5.73 Å². The number of hydrogen-bond acceptors (Lipinski definition) is 16. The molecule has 0 fully saturated rings. The number of carbonyl (C=O) groups excluding carboxylic acids is 6. The fourth-order valence-electron chi connectivity index (χ4n) is 3.87. The first-order valence-corrected chi connectivity index (χ1v) is 9.81. The first-order valence-electron chi connectivity index (χ1n) is 9.81. The van der Waals surface area contributed by atoms with Gasteiger partial charge >= 0.3 is 113 Å². The summed E-state index contributed by atoms with van der Waals surface area (Å²) in [6.07, 6.45) is -5.89. The average Bonchev–Trinajstić information content (AvgIpc) is 2.63. The minimum absolute atomic E-state index is 0. The van der Waals surface area contributed by atoms with Crippen LogP contribution < -0.4 is 160 Å². The maximum atomic E-state index is 11.6. The summed E-state index contributed by atoms with van der Waals surface area (Å²) >= 11 is 0. The molecule has 0 atom stereocenters. The summed E-state index contributed by atoms with van der Waals surface area (Å²) in [5.41, 5.74) is -0.260. The van der Waals surface area contributed by atoms with E-state index in [1.165, 1.54) is 0 Å². The Labute approximate surface area is 303 Å². The normalized spacial score (nSPS) is 10.1. The number of nitrogens with two attached hydrogens (primary N) is 1. The summed E-state index contributed by atoms with van der Waals surface area (Å²) in [7, 11) is 0. The molecular weight excluding hydrogens is 506 g/mol. The van der Waals surface area contributed by atoms with Crippen molar-refractivity contribution >= 4 is 35.8 Å². The zero-order chi connectivity index (χ0) is 26.5. The number of aliphatic carboxylic acids is 6. The van der Waals surface area contributed by atoms with Crippen molar-refractivity contribution in [2.45, 2.75) is 36.8 Å². The number of nitrogens with one attached hydrogen (secondary N) is 2. The van der Waals surface area contributed by atoms with E-state index in [4.69, 9.17) is 5.73 Å². The molecular formula is C18H24Li6N4O12. The van der Waals surface area contributed by atoms with Crippen LogP contribution in [-0.2, 0) is 28.8 Å². The number of carboxylic acids is 6. The molecule has 22 heteroatoms. The molecule has 0 radical (unpaired) electrons. The molecule has 0 saturated heterocycles. The summed E-state index contributed by atoms with van der Waals surface area (Å²) in [6, 6.07) is 0. The molecule has 40 heavy (non-hydrogen) atoms. The van der Waals surface area contributed by atoms with Crippen molar-refractivity contribution in [1.82, 2.24) is 15.5 Å². The van der Waals surface area contributed by atoms with E-state index < -0.39 is 85.7 Å². The van der Waals surface area contributed by atoms with Crippen LogP contribution in [0.4, 0.5) is 0 Å². The Morgan fingerprint density at radius 1 is 0.550 bits per heavy atom. The molecule has 0 aromatic rings. The predicted molar refractivity (Wildman–Crippen MR) is 95.5 cm³/mol. The first kappa shape index (κ1) is 56.1. The molecule has 16 nitrogen and oxygen atoms in total. The standard InChI is InChI=1S/C18H30N4O12.6Li/c19-1-2-20-3-4-21-17(5-11(23)24,6-12(25)26)18(7-13(27)28,8-14(29)30)22(9-15(31)32)10-16(33)34;;;;;;/h20-21H,1-10,19H2,(H,23,24)(H,25,26)(H,27,28)(H,29,30)(H,31,32)(H,33,34);;;;;;/q;6*+1/p-6. The smallest absolute Gasteiger partial charge is 0.550 e. The third kappa shape index (κ3) is 20.2. The molecule has 0 amide bonds. The maximum absolute atomic E-state index is 11.6. The van der Waals surface area contributed by atoms with E-state index in [-0.39, 0.29) is 144 Å². The van der Waals surface area contributed by atoms with Crippen LogP contribution in [0.25, 0.3) is 0 Å². The van der Waals surface area contributed by atoms with E-state index in [0.29, 0.717) is 0 Å². The Morgan fingerprint density at radius 2 is 0.900 bits per heavy atom. The van der Waals surface area contributed by atoms with E-state index in [1.54, 1.807) is 0 Å². The van der Waals surface area contributed by atoms with E-state index in [1.807, 2.05) is 0 Å². The second-order valence-electron chi connectivity index (χ2n) is 7.37. The quantitative estimate of drug-likeness (QED) is 0.0972. The Bertz CT molecular complexity index is 748. The molecule has 194 valence electrons. The average molecular weight is 530 g/mol. The molecule has 0 bridgehead atoms. The molecule has 0 heterocycles. The van der Waals surface area contributed by atoms with Gasteiger partial charge in [-0.2, -0.15) is 0 Å². The Hall–Kier alpha value is 0.244. The van der Waals surface area contributed by atoms with Crippen molar-refractivity contribution in [3.63, 3.8) is 0 Å².